The third-order valence-corrected chi connectivity index (χ3v) is 9.63. The van der Waals surface area contributed by atoms with Gasteiger partial charge in [-0.15, -0.1) is 0 Å². The van der Waals surface area contributed by atoms with Crippen molar-refractivity contribution in [2.45, 2.75) is 131 Å². The van der Waals surface area contributed by atoms with Crippen molar-refractivity contribution in [2.24, 2.45) is 28.5 Å². The lowest BCUT2D eigenvalue weighted by Crippen LogP contribution is -2.64. The van der Waals surface area contributed by atoms with Crippen LogP contribution in [0, 0.1) is 22.7 Å². The minimum atomic E-state index is -1.20. The van der Waals surface area contributed by atoms with Gasteiger partial charge in [-0.3, -0.25) is 38.8 Å². The van der Waals surface area contributed by atoms with E-state index >= 15 is 0 Å². The highest BCUT2D eigenvalue weighted by atomic mass is 16.2. The number of amides is 5. The predicted octanol–water partition coefficient (Wildman–Crippen LogP) is 2.13. The van der Waals surface area contributed by atoms with E-state index in [1.165, 1.54) is 23.5 Å². The summed E-state index contributed by atoms with van der Waals surface area (Å²) in [6, 6.07) is -4.40. The van der Waals surface area contributed by atoms with E-state index in [1.807, 2.05) is 34.6 Å². The van der Waals surface area contributed by atoms with Crippen LogP contribution in [0.25, 0.3) is 0 Å². The number of ketones is 1. The number of carbonyl (C=O) groups excluding carboxylic acids is 6. The number of carbonyl (C=O) groups is 6. The first kappa shape index (κ1) is 39.5. The molecule has 14 heteroatoms. The summed E-state index contributed by atoms with van der Waals surface area (Å²) in [5, 5.41) is 9.22. The molecule has 0 unspecified atom stereocenters. The zero-order chi connectivity index (χ0) is 36.8. The van der Waals surface area contributed by atoms with Crippen molar-refractivity contribution < 1.29 is 28.8 Å². The molecule has 272 valence electrons. The summed E-state index contributed by atoms with van der Waals surface area (Å²) in [5.74, 6) is 2.50. The van der Waals surface area contributed by atoms with Crippen molar-refractivity contribution in [1.82, 2.24) is 35.8 Å². The third kappa shape index (κ3) is 9.40. The average Bonchev–Trinajstić information content (AvgIpc) is 3.63. The van der Waals surface area contributed by atoms with E-state index in [1.54, 1.807) is 27.7 Å². The predicted molar refractivity (Wildman–Crippen MR) is 183 cm³/mol. The first-order valence-corrected chi connectivity index (χ1v) is 17.4. The van der Waals surface area contributed by atoms with E-state index in [9.17, 15) is 28.8 Å². The van der Waals surface area contributed by atoms with E-state index in [2.05, 4.69) is 25.9 Å². The summed E-state index contributed by atoms with van der Waals surface area (Å²) >= 11 is 0. The molecular weight excluding hydrogens is 628 g/mol. The molecule has 5 amide bonds. The number of hydrogen-bond acceptors (Lipinski definition) is 9. The van der Waals surface area contributed by atoms with Gasteiger partial charge in [-0.1, -0.05) is 68.2 Å². The number of rotatable bonds is 13. The second kappa shape index (κ2) is 16.2. The normalized spacial score (nSPS) is 21.5. The van der Waals surface area contributed by atoms with E-state index in [0.29, 0.717) is 19.4 Å². The number of hydrogen-bond donors (Lipinski definition) is 4. The fourth-order valence-electron chi connectivity index (χ4n) is 6.87. The molecular formula is C35H56N8O6. The molecule has 3 rings (SSSR count). The molecule has 0 bridgehead atoms. The second-order valence-corrected chi connectivity index (χ2v) is 15.7. The van der Waals surface area contributed by atoms with Crippen LogP contribution in [-0.2, 0) is 24.0 Å². The van der Waals surface area contributed by atoms with Crippen LogP contribution in [-0.4, -0.2) is 91.9 Å². The molecule has 0 spiro atoms. The molecule has 49 heavy (non-hydrogen) atoms. The summed E-state index contributed by atoms with van der Waals surface area (Å²) in [5.41, 5.74) is -1.70. The molecule has 0 radical (unpaired) electrons. The van der Waals surface area contributed by atoms with Crippen LogP contribution in [0.4, 0.5) is 0 Å². The minimum absolute atomic E-state index is 0.0369. The van der Waals surface area contributed by atoms with Gasteiger partial charge in [-0.25, -0.2) is 10.8 Å². The molecule has 7 atom stereocenters. The van der Waals surface area contributed by atoms with Crippen LogP contribution < -0.4 is 21.8 Å². The Bertz CT molecular complexity index is 1370. The van der Waals surface area contributed by atoms with Gasteiger partial charge in [0.25, 0.3) is 11.8 Å². The van der Waals surface area contributed by atoms with Crippen molar-refractivity contribution in [1.29, 1.82) is 0 Å². The molecule has 1 aromatic heterocycles. The maximum absolute atomic E-state index is 14.5. The van der Waals surface area contributed by atoms with Crippen LogP contribution in [0.15, 0.2) is 18.6 Å². The summed E-state index contributed by atoms with van der Waals surface area (Å²) in [6.07, 6.45) is 7.98. The fourth-order valence-corrected chi connectivity index (χ4v) is 6.87. The molecule has 1 saturated carbocycles. The first-order chi connectivity index (χ1) is 22.8. The van der Waals surface area contributed by atoms with Gasteiger partial charge < -0.3 is 20.9 Å². The number of fused-ring (bicyclic) bond motifs is 1. The van der Waals surface area contributed by atoms with Crippen LogP contribution in [0.3, 0.4) is 0 Å². The zero-order valence-electron chi connectivity index (χ0n) is 30.5. The summed E-state index contributed by atoms with van der Waals surface area (Å²) in [7, 11) is 0. The number of hydrazine groups is 1. The number of likely N-dealkylation sites (tertiary alicyclic amines) is 1. The first-order valence-electron chi connectivity index (χ1n) is 17.4. The number of nitrogens with zero attached hydrogens (tertiary/aromatic N) is 4. The van der Waals surface area contributed by atoms with Crippen LogP contribution >= 0.6 is 0 Å². The monoisotopic (exact) mass is 684 g/mol. The van der Waals surface area contributed by atoms with Gasteiger partial charge in [0.2, 0.25) is 23.5 Å². The molecule has 1 aliphatic carbocycles. The van der Waals surface area contributed by atoms with Crippen molar-refractivity contribution in [3.8, 4) is 0 Å². The van der Waals surface area contributed by atoms with Gasteiger partial charge in [0, 0.05) is 25.0 Å². The number of Topliss-reactive ketones (excluding diaryl/α,β-unsaturated/α-hetero) is 1. The Balaban J connectivity index is 1.90. The SMILES string of the molecule is CCC[C@H](NC(=O)[C@@H]1[C@H]2CCC[C@H]2CN1C(=O)[C@@H](NC(=O)[C@@H](N(N)C(=O)c1cnccn1)C(C)(C)C)C(C)(C)C)C(=O)C(=O)N[C@@H](C)CC. The molecule has 2 aliphatic rings. The summed E-state index contributed by atoms with van der Waals surface area (Å²) < 4.78 is 0. The number of nitrogens with two attached hydrogens (primary N) is 1. The Morgan fingerprint density at radius 2 is 1.65 bits per heavy atom. The Morgan fingerprint density at radius 1 is 0.980 bits per heavy atom. The fraction of sp³-hybridized carbons (Fsp3) is 0.714. The molecule has 1 aliphatic heterocycles. The Hall–Kier alpha value is -3.94. The third-order valence-electron chi connectivity index (χ3n) is 9.63. The maximum Gasteiger partial charge on any atom is 0.289 e. The van der Waals surface area contributed by atoms with E-state index < -0.39 is 70.3 Å². The second-order valence-electron chi connectivity index (χ2n) is 15.7. The van der Waals surface area contributed by atoms with E-state index in [0.717, 1.165) is 24.3 Å². The molecule has 14 nitrogen and oxygen atoms in total. The smallest absolute Gasteiger partial charge is 0.289 e. The van der Waals surface area contributed by atoms with Crippen LogP contribution in [0.5, 0.6) is 0 Å². The lowest BCUT2D eigenvalue weighted by molar-refractivity contribution is -0.147. The summed E-state index contributed by atoms with van der Waals surface area (Å²) in [4.78, 5) is 91.3. The van der Waals surface area contributed by atoms with Gasteiger partial charge in [0.15, 0.2) is 0 Å². The standard InChI is InChI=1S/C35H56N8O6/c1-10-13-23(26(44)30(46)39-20(3)11-2)40-29(45)25-22-15-12-14-21(22)19-42(25)33(49)27(34(4,5)6)41-31(47)28(35(7,8)9)43(36)32(48)24-18-37-16-17-38-24/h16-18,20-23,25,27-28H,10-15,19,36H2,1-9H3,(H,39,46)(H,40,45)(H,41,47)/t20-,21-,22-,23-,25-,27+,28+/m0/s1. The van der Waals surface area contributed by atoms with Gasteiger partial charge in [0.05, 0.1) is 12.2 Å². The van der Waals surface area contributed by atoms with Crippen LogP contribution in [0.1, 0.15) is 111 Å². The molecule has 2 heterocycles. The molecule has 1 saturated heterocycles. The number of nitrogens with one attached hydrogen (secondary N) is 3. The Labute approximate surface area is 290 Å². The highest BCUT2D eigenvalue weighted by Crippen LogP contribution is 2.43. The van der Waals surface area contributed by atoms with E-state index in [-0.39, 0.29) is 30.0 Å². The van der Waals surface area contributed by atoms with E-state index in [4.69, 9.17) is 5.84 Å². The quantitative estimate of drug-likeness (QED) is 0.104. The van der Waals surface area contributed by atoms with Gasteiger partial charge in [-0.2, -0.15) is 0 Å². The lowest BCUT2D eigenvalue weighted by Gasteiger charge is -2.40. The van der Waals surface area contributed by atoms with Crippen molar-refractivity contribution in [3.05, 3.63) is 24.3 Å². The zero-order valence-corrected chi connectivity index (χ0v) is 30.5. The van der Waals surface area contributed by atoms with Crippen molar-refractivity contribution in [2.75, 3.05) is 6.54 Å². The van der Waals surface area contributed by atoms with Gasteiger partial charge in [-0.05, 0) is 55.3 Å². The van der Waals surface area contributed by atoms with Gasteiger partial charge in [0.1, 0.15) is 23.8 Å². The Kier molecular flexibility index (Phi) is 13.0. The average molecular weight is 685 g/mol. The minimum Gasteiger partial charge on any atom is -0.347 e. The Morgan fingerprint density at radius 3 is 2.20 bits per heavy atom. The molecule has 5 N–H and O–H groups in total. The largest absolute Gasteiger partial charge is 0.347 e. The lowest BCUT2D eigenvalue weighted by atomic mass is 9.82. The van der Waals surface area contributed by atoms with Gasteiger partial charge >= 0.3 is 0 Å². The topological polar surface area (TPSA) is 197 Å². The highest BCUT2D eigenvalue weighted by molar-refractivity contribution is 6.38. The highest BCUT2D eigenvalue weighted by Gasteiger charge is 2.53. The summed E-state index contributed by atoms with van der Waals surface area (Å²) in [6.45, 7) is 16.6. The number of aromatic nitrogens is 2. The van der Waals surface area contributed by atoms with Crippen molar-refractivity contribution in [3.63, 3.8) is 0 Å². The molecule has 1 aromatic rings. The maximum atomic E-state index is 14.5. The molecule has 2 fully saturated rings. The molecule has 0 aromatic carbocycles. The van der Waals surface area contributed by atoms with Crippen molar-refractivity contribution >= 4 is 35.3 Å². The van der Waals surface area contributed by atoms with Crippen LogP contribution in [0.2, 0.25) is 0 Å².